The minimum absolute atomic E-state index is 0.670. The molecule has 1 aliphatic carbocycles. The Morgan fingerprint density at radius 2 is 1.57 bits per heavy atom. The normalized spacial score (nSPS) is 18.0. The van der Waals surface area contributed by atoms with Crippen molar-refractivity contribution in [1.82, 2.24) is 0 Å². The number of aryl methyl sites for hydroxylation is 2. The first-order valence-corrected chi connectivity index (χ1v) is 8.84. The lowest BCUT2D eigenvalue weighted by Crippen LogP contribution is -2.14. The highest BCUT2D eigenvalue weighted by molar-refractivity contribution is 5.64. The van der Waals surface area contributed by atoms with Crippen molar-refractivity contribution in [3.63, 3.8) is 0 Å². The molecule has 2 aromatic carbocycles. The fraction of sp³-hybridized carbons (Fsp3) is 0.429. The van der Waals surface area contributed by atoms with E-state index in [0.29, 0.717) is 5.92 Å². The summed E-state index contributed by atoms with van der Waals surface area (Å²) in [5, 5.41) is 0. The summed E-state index contributed by atoms with van der Waals surface area (Å²) in [7, 11) is 2.17. The average Bonchev–Trinajstić information content (AvgIpc) is 3.10. The number of ether oxygens (including phenoxy) is 1. The van der Waals surface area contributed by atoms with Crippen LogP contribution in [0, 0.1) is 0 Å². The second kappa shape index (κ2) is 6.37. The molecule has 2 aromatic rings. The fourth-order valence-electron chi connectivity index (χ4n) is 3.92. The maximum atomic E-state index is 5.47. The van der Waals surface area contributed by atoms with Crippen molar-refractivity contribution in [3.8, 4) is 0 Å². The molecule has 0 radical (unpaired) electrons. The molecule has 1 heterocycles. The minimum Gasteiger partial charge on any atom is -0.381 e. The Morgan fingerprint density at radius 1 is 0.870 bits per heavy atom. The Kier molecular flexibility index (Phi) is 4.09. The molecular formula is C21H25NO. The predicted octanol–water partition coefficient (Wildman–Crippen LogP) is 4.84. The predicted molar refractivity (Wildman–Crippen MR) is 95.8 cm³/mol. The third kappa shape index (κ3) is 3.00. The second-order valence-electron chi connectivity index (χ2n) is 6.84. The molecule has 1 saturated heterocycles. The smallest absolute Gasteiger partial charge is 0.0471 e. The molecule has 0 N–H and O–H groups in total. The van der Waals surface area contributed by atoms with Gasteiger partial charge in [-0.2, -0.15) is 0 Å². The lowest BCUT2D eigenvalue weighted by molar-refractivity contribution is 0.0853. The lowest BCUT2D eigenvalue weighted by atomic mass is 9.91. The van der Waals surface area contributed by atoms with Crippen LogP contribution in [0.4, 0.5) is 11.4 Å². The van der Waals surface area contributed by atoms with Crippen LogP contribution in [0.5, 0.6) is 0 Å². The highest BCUT2D eigenvalue weighted by Crippen LogP contribution is 2.32. The van der Waals surface area contributed by atoms with Gasteiger partial charge in [0.25, 0.3) is 0 Å². The number of nitrogens with zero attached hydrogens (tertiary/aromatic N) is 1. The summed E-state index contributed by atoms with van der Waals surface area (Å²) in [5.74, 6) is 0.670. The van der Waals surface area contributed by atoms with Crippen molar-refractivity contribution >= 4 is 11.4 Å². The van der Waals surface area contributed by atoms with E-state index in [4.69, 9.17) is 4.74 Å². The zero-order chi connectivity index (χ0) is 15.6. The van der Waals surface area contributed by atoms with Crippen LogP contribution in [0.15, 0.2) is 42.5 Å². The summed E-state index contributed by atoms with van der Waals surface area (Å²) in [6, 6.07) is 16.1. The van der Waals surface area contributed by atoms with Crippen molar-refractivity contribution in [2.75, 3.05) is 25.2 Å². The first-order chi connectivity index (χ1) is 11.3. The molecular weight excluding hydrogens is 282 g/mol. The van der Waals surface area contributed by atoms with E-state index in [9.17, 15) is 0 Å². The molecule has 0 amide bonds. The molecule has 0 spiro atoms. The summed E-state index contributed by atoms with van der Waals surface area (Å²) in [6.45, 7) is 1.81. The van der Waals surface area contributed by atoms with Crippen molar-refractivity contribution in [1.29, 1.82) is 0 Å². The Labute approximate surface area is 139 Å². The van der Waals surface area contributed by atoms with Gasteiger partial charge in [-0.3, -0.25) is 0 Å². The standard InChI is InChI=1S/C21H25NO/c1-22(21-10-7-16-3-2-4-19(16)15-21)20-8-5-17(6-9-20)18-11-13-23-14-12-18/h5-10,15,18H,2-4,11-14H2,1H3. The van der Waals surface area contributed by atoms with Gasteiger partial charge in [0.1, 0.15) is 0 Å². The van der Waals surface area contributed by atoms with Crippen LogP contribution in [-0.4, -0.2) is 20.3 Å². The van der Waals surface area contributed by atoms with Gasteiger partial charge in [-0.25, -0.2) is 0 Å². The Morgan fingerprint density at radius 3 is 2.35 bits per heavy atom. The molecule has 0 bridgehead atoms. The second-order valence-corrected chi connectivity index (χ2v) is 6.84. The summed E-state index contributed by atoms with van der Waals surface area (Å²) >= 11 is 0. The van der Waals surface area contributed by atoms with Crippen LogP contribution in [-0.2, 0) is 17.6 Å². The molecule has 1 aliphatic heterocycles. The average molecular weight is 307 g/mol. The molecule has 23 heavy (non-hydrogen) atoms. The monoisotopic (exact) mass is 307 g/mol. The van der Waals surface area contributed by atoms with E-state index in [1.54, 1.807) is 0 Å². The zero-order valence-electron chi connectivity index (χ0n) is 13.9. The van der Waals surface area contributed by atoms with Gasteiger partial charge in [0.2, 0.25) is 0 Å². The molecule has 0 aromatic heterocycles. The first-order valence-electron chi connectivity index (χ1n) is 8.84. The van der Waals surface area contributed by atoms with Crippen LogP contribution >= 0.6 is 0 Å². The summed E-state index contributed by atoms with van der Waals surface area (Å²) in [6.07, 6.45) is 6.10. The van der Waals surface area contributed by atoms with Gasteiger partial charge >= 0.3 is 0 Å². The Bertz CT molecular complexity index is 671. The molecule has 1 fully saturated rings. The number of benzene rings is 2. The maximum Gasteiger partial charge on any atom is 0.0471 e. The largest absolute Gasteiger partial charge is 0.381 e. The van der Waals surface area contributed by atoms with Gasteiger partial charge in [-0.15, -0.1) is 0 Å². The van der Waals surface area contributed by atoms with Crippen LogP contribution in [0.1, 0.15) is 41.9 Å². The van der Waals surface area contributed by atoms with E-state index in [0.717, 1.165) is 26.1 Å². The summed E-state index contributed by atoms with van der Waals surface area (Å²) in [4.78, 5) is 2.30. The topological polar surface area (TPSA) is 12.5 Å². The fourth-order valence-corrected chi connectivity index (χ4v) is 3.92. The van der Waals surface area contributed by atoms with Gasteiger partial charge < -0.3 is 9.64 Å². The van der Waals surface area contributed by atoms with E-state index in [2.05, 4.69) is 54.4 Å². The minimum atomic E-state index is 0.670. The molecule has 4 rings (SSSR count). The van der Waals surface area contributed by atoms with Gasteiger partial charge in [-0.05, 0) is 79.0 Å². The van der Waals surface area contributed by atoms with Crippen molar-refractivity contribution in [2.24, 2.45) is 0 Å². The molecule has 120 valence electrons. The van der Waals surface area contributed by atoms with Crippen LogP contribution in [0.25, 0.3) is 0 Å². The van der Waals surface area contributed by atoms with E-state index in [1.807, 2.05) is 0 Å². The van der Waals surface area contributed by atoms with E-state index < -0.39 is 0 Å². The van der Waals surface area contributed by atoms with E-state index in [1.165, 1.54) is 47.3 Å². The highest BCUT2D eigenvalue weighted by atomic mass is 16.5. The van der Waals surface area contributed by atoms with Crippen LogP contribution in [0.2, 0.25) is 0 Å². The number of hydrogen-bond donors (Lipinski definition) is 0. The number of anilines is 2. The molecule has 2 aliphatic rings. The van der Waals surface area contributed by atoms with E-state index >= 15 is 0 Å². The van der Waals surface area contributed by atoms with Gasteiger partial charge in [0.15, 0.2) is 0 Å². The van der Waals surface area contributed by atoms with Crippen LogP contribution < -0.4 is 4.90 Å². The molecule has 0 saturated carbocycles. The quantitative estimate of drug-likeness (QED) is 0.804. The van der Waals surface area contributed by atoms with Crippen molar-refractivity contribution in [3.05, 3.63) is 59.2 Å². The molecule has 0 unspecified atom stereocenters. The Hall–Kier alpha value is -1.80. The third-order valence-electron chi connectivity index (χ3n) is 5.44. The van der Waals surface area contributed by atoms with Crippen molar-refractivity contribution in [2.45, 2.75) is 38.0 Å². The van der Waals surface area contributed by atoms with Crippen LogP contribution in [0.3, 0.4) is 0 Å². The Balaban J connectivity index is 1.53. The SMILES string of the molecule is CN(c1ccc(C2CCOCC2)cc1)c1ccc2c(c1)CCC2. The summed E-state index contributed by atoms with van der Waals surface area (Å²) in [5.41, 5.74) is 7.09. The highest BCUT2D eigenvalue weighted by Gasteiger charge is 2.16. The lowest BCUT2D eigenvalue weighted by Gasteiger charge is -2.24. The van der Waals surface area contributed by atoms with Gasteiger partial charge in [0.05, 0.1) is 0 Å². The van der Waals surface area contributed by atoms with Gasteiger partial charge in [0, 0.05) is 31.6 Å². The number of hydrogen-bond acceptors (Lipinski definition) is 2. The maximum absolute atomic E-state index is 5.47. The number of fused-ring (bicyclic) bond motifs is 1. The molecule has 0 atom stereocenters. The van der Waals surface area contributed by atoms with Gasteiger partial charge in [-0.1, -0.05) is 18.2 Å². The zero-order valence-corrected chi connectivity index (χ0v) is 13.9. The molecule has 2 nitrogen and oxygen atoms in total. The van der Waals surface area contributed by atoms with E-state index in [-0.39, 0.29) is 0 Å². The summed E-state index contributed by atoms with van der Waals surface area (Å²) < 4.78 is 5.47. The third-order valence-corrected chi connectivity index (χ3v) is 5.44. The molecule has 2 heteroatoms. The van der Waals surface area contributed by atoms with Crippen molar-refractivity contribution < 1.29 is 4.74 Å². The number of rotatable bonds is 3. The first kappa shape index (κ1) is 14.8.